The topological polar surface area (TPSA) is 54.0 Å². The largest absolute Gasteiger partial charge is 2.00 e. The van der Waals surface area contributed by atoms with E-state index in [0.717, 1.165) is 89.4 Å². The molecule has 49 heavy (non-hydrogen) atoms. The molecule has 2 aliphatic heterocycles. The molecule has 0 amide bonds. The van der Waals surface area contributed by atoms with Crippen molar-refractivity contribution in [1.82, 2.24) is 19.9 Å². The first-order valence-corrected chi connectivity index (χ1v) is 16.1. The Bertz CT molecular complexity index is 2180. The van der Waals surface area contributed by atoms with E-state index in [4.69, 9.17) is 19.9 Å². The minimum atomic E-state index is 0. The molecule has 0 fully saturated rings. The smallest absolute Gasteiger partial charge is 0.657 e. The van der Waals surface area contributed by atoms with E-state index >= 15 is 0 Å². The zero-order valence-corrected chi connectivity index (χ0v) is 30.7. The normalized spacial score (nSPS) is 11.8. The molecular weight excluding hydrogens is 697 g/mol. The Hall–Kier alpha value is -5.60. The average Bonchev–Trinajstić information content (AvgIpc) is 3.98. The summed E-state index contributed by atoms with van der Waals surface area (Å²) in [5.74, 6) is 0. The Labute approximate surface area is 304 Å². The van der Waals surface area contributed by atoms with Crippen LogP contribution in [0.3, 0.4) is 0 Å². The molecule has 226 valence electrons. The number of rotatable bonds is 4. The van der Waals surface area contributed by atoms with Gasteiger partial charge in [0.15, 0.2) is 0 Å². The van der Waals surface area contributed by atoms with Gasteiger partial charge in [0, 0.05) is 0 Å². The standard InChI is InChI=1S/C44H28N4.Cd/c1-5-13-29(14-6-1)41-33-21-23-35(45-33)42(30-15-7-2-8-16-30)37-25-27-39(47-37)44(32-19-11-4-12-20-32)40-28-26-38(48-40)43(31-17-9-3-10-18-31)36-24-22-34(41)46-36;/h1-28H;/q-2;+2. The molecule has 2 aliphatic rings. The molecule has 8 bridgehead atoms. The molecule has 0 saturated carbocycles. The first kappa shape index (κ1) is 30.7. The number of hydrogen-bond acceptors (Lipinski definition) is 2. The monoisotopic (exact) mass is 726 g/mol. The Balaban J connectivity index is 0.00000348. The molecule has 0 spiro atoms. The van der Waals surface area contributed by atoms with E-state index in [2.05, 4.69) is 146 Å². The number of benzene rings is 4. The van der Waals surface area contributed by atoms with Gasteiger partial charge in [-0.05, 0) is 68.8 Å². The van der Waals surface area contributed by atoms with Gasteiger partial charge < -0.3 is 9.97 Å². The summed E-state index contributed by atoms with van der Waals surface area (Å²) < 4.78 is 0. The maximum Gasteiger partial charge on any atom is 2.00 e. The fraction of sp³-hybridized carbons (Fsp3) is 0. The third-order valence-electron chi connectivity index (χ3n) is 8.86. The van der Waals surface area contributed by atoms with Crippen molar-refractivity contribution in [2.24, 2.45) is 0 Å². The van der Waals surface area contributed by atoms with Crippen LogP contribution in [0.1, 0.15) is 22.8 Å². The predicted octanol–water partition coefficient (Wildman–Crippen LogP) is 10.6. The van der Waals surface area contributed by atoms with E-state index in [1.54, 1.807) is 0 Å². The molecule has 0 radical (unpaired) electrons. The molecule has 9 rings (SSSR count). The Morgan fingerprint density at radius 3 is 0.735 bits per heavy atom. The molecule has 0 saturated heterocycles. The van der Waals surface area contributed by atoms with Gasteiger partial charge in [-0.25, -0.2) is 9.97 Å². The summed E-state index contributed by atoms with van der Waals surface area (Å²) in [7, 11) is 0. The van der Waals surface area contributed by atoms with Gasteiger partial charge in [0.05, 0.1) is 22.8 Å². The number of nitrogens with zero attached hydrogens (tertiary/aromatic N) is 4. The molecule has 0 aliphatic carbocycles. The number of hydrogen-bond donors (Lipinski definition) is 0. The quantitative estimate of drug-likeness (QED) is 0.170. The van der Waals surface area contributed by atoms with Crippen molar-refractivity contribution in [2.45, 2.75) is 0 Å². The second kappa shape index (κ2) is 13.1. The Morgan fingerprint density at radius 2 is 0.510 bits per heavy atom. The van der Waals surface area contributed by atoms with Crippen molar-refractivity contribution in [3.05, 3.63) is 168 Å². The zero-order chi connectivity index (χ0) is 31.9. The molecule has 0 unspecified atom stereocenters. The average molecular weight is 725 g/mol. The van der Waals surface area contributed by atoms with Gasteiger partial charge in [-0.2, -0.15) is 0 Å². The summed E-state index contributed by atoms with van der Waals surface area (Å²) in [6.45, 7) is 0. The summed E-state index contributed by atoms with van der Waals surface area (Å²) >= 11 is 0. The van der Waals surface area contributed by atoms with Crippen LogP contribution in [-0.2, 0) is 27.3 Å². The van der Waals surface area contributed by atoms with Crippen LogP contribution in [0.15, 0.2) is 146 Å². The van der Waals surface area contributed by atoms with Crippen molar-refractivity contribution in [2.75, 3.05) is 0 Å². The molecule has 4 nitrogen and oxygen atoms in total. The summed E-state index contributed by atoms with van der Waals surface area (Å²) in [4.78, 5) is 21.2. The molecule has 4 aromatic carbocycles. The van der Waals surface area contributed by atoms with Crippen LogP contribution in [0.5, 0.6) is 0 Å². The van der Waals surface area contributed by atoms with Crippen LogP contribution < -0.4 is 9.97 Å². The van der Waals surface area contributed by atoms with E-state index in [1.807, 2.05) is 24.3 Å². The van der Waals surface area contributed by atoms with Gasteiger partial charge in [0.25, 0.3) is 0 Å². The zero-order valence-electron chi connectivity index (χ0n) is 26.7. The maximum absolute atomic E-state index is 5.31. The van der Waals surface area contributed by atoms with E-state index in [0.29, 0.717) is 0 Å². The number of fused-ring (bicyclic) bond motifs is 8. The molecular formula is C44H28CdN4. The maximum atomic E-state index is 5.31. The van der Waals surface area contributed by atoms with Crippen LogP contribution in [0.25, 0.3) is 90.9 Å². The third-order valence-corrected chi connectivity index (χ3v) is 8.86. The van der Waals surface area contributed by atoms with Crippen LogP contribution >= 0.6 is 0 Å². The van der Waals surface area contributed by atoms with Crippen LogP contribution in [0.2, 0.25) is 0 Å². The Morgan fingerprint density at radius 1 is 0.286 bits per heavy atom. The van der Waals surface area contributed by atoms with Gasteiger partial charge in [-0.3, -0.25) is 0 Å². The van der Waals surface area contributed by atoms with Gasteiger partial charge in [0.1, 0.15) is 0 Å². The minimum absolute atomic E-state index is 0. The van der Waals surface area contributed by atoms with Crippen molar-refractivity contribution >= 4 is 46.4 Å². The molecule has 5 heterocycles. The van der Waals surface area contributed by atoms with Crippen LogP contribution in [-0.4, -0.2) is 9.97 Å². The fourth-order valence-corrected chi connectivity index (χ4v) is 6.69. The van der Waals surface area contributed by atoms with Crippen molar-refractivity contribution in [1.29, 1.82) is 0 Å². The van der Waals surface area contributed by atoms with E-state index in [1.165, 1.54) is 0 Å². The van der Waals surface area contributed by atoms with Crippen molar-refractivity contribution in [3.8, 4) is 44.5 Å². The first-order chi connectivity index (χ1) is 23.8. The van der Waals surface area contributed by atoms with Crippen LogP contribution in [0.4, 0.5) is 0 Å². The molecule has 0 atom stereocenters. The Kier molecular flexibility index (Phi) is 8.23. The fourth-order valence-electron chi connectivity index (χ4n) is 6.69. The van der Waals surface area contributed by atoms with Crippen molar-refractivity contribution < 1.29 is 27.3 Å². The van der Waals surface area contributed by atoms with E-state index in [-0.39, 0.29) is 27.3 Å². The van der Waals surface area contributed by atoms with Crippen molar-refractivity contribution in [3.63, 3.8) is 0 Å². The third kappa shape index (κ3) is 5.68. The first-order valence-electron chi connectivity index (χ1n) is 16.1. The summed E-state index contributed by atoms with van der Waals surface area (Å²) in [6, 6.07) is 50.0. The van der Waals surface area contributed by atoms with Gasteiger partial charge >= 0.3 is 27.3 Å². The summed E-state index contributed by atoms with van der Waals surface area (Å²) in [5, 5.41) is 0. The second-order valence-corrected chi connectivity index (χ2v) is 11.8. The SMILES string of the molecule is C1=Cc2nc1c(-c1ccccc1)c1ccc([n-]1)c(-c1ccccc1)c1nc(c(-c3ccccc3)c3ccc([n-]3)c2-c2ccccc2)C=C1.[Cd+2]. The molecule has 7 aromatic rings. The predicted molar refractivity (Wildman–Crippen MR) is 199 cm³/mol. The van der Waals surface area contributed by atoms with E-state index < -0.39 is 0 Å². The summed E-state index contributed by atoms with van der Waals surface area (Å²) in [6.07, 6.45) is 8.41. The molecule has 0 N–H and O–H groups in total. The minimum Gasteiger partial charge on any atom is -0.657 e. The number of aromatic nitrogens is 4. The van der Waals surface area contributed by atoms with E-state index in [9.17, 15) is 0 Å². The summed E-state index contributed by atoms with van der Waals surface area (Å²) in [5.41, 5.74) is 15.0. The molecule has 5 heteroatoms. The van der Waals surface area contributed by atoms with Crippen LogP contribution in [0, 0.1) is 0 Å². The van der Waals surface area contributed by atoms with Gasteiger partial charge in [-0.15, -0.1) is 22.1 Å². The van der Waals surface area contributed by atoms with Gasteiger partial charge in [-0.1, -0.05) is 146 Å². The van der Waals surface area contributed by atoms with Gasteiger partial charge in [0.2, 0.25) is 0 Å². The molecule has 3 aromatic heterocycles. The second-order valence-electron chi connectivity index (χ2n) is 11.8.